The summed E-state index contributed by atoms with van der Waals surface area (Å²) in [6, 6.07) is 1.34. The van der Waals surface area contributed by atoms with Crippen LogP contribution in [0, 0.1) is 10.1 Å². The fraction of sp³-hybridized carbons (Fsp3) is 0.615. The molecule has 0 aromatic carbocycles. The summed E-state index contributed by atoms with van der Waals surface area (Å²) < 4.78 is 1.64. The van der Waals surface area contributed by atoms with Crippen LogP contribution >= 0.6 is 0 Å². The molecule has 1 amide bonds. The molecule has 1 N–H and O–H groups in total. The second-order valence-corrected chi connectivity index (χ2v) is 5.06. The highest BCUT2D eigenvalue weighted by molar-refractivity contribution is 5.93. The van der Waals surface area contributed by atoms with Gasteiger partial charge in [0.2, 0.25) is 0 Å². The van der Waals surface area contributed by atoms with Crippen molar-refractivity contribution < 1.29 is 14.8 Å². The van der Waals surface area contributed by atoms with E-state index in [2.05, 4.69) is 0 Å². The third-order valence-electron chi connectivity index (χ3n) is 3.53. The van der Waals surface area contributed by atoms with Gasteiger partial charge in [0.25, 0.3) is 11.6 Å². The van der Waals surface area contributed by atoms with E-state index in [9.17, 15) is 20.0 Å². The number of carbonyl (C=O) groups is 1. The van der Waals surface area contributed by atoms with Crippen molar-refractivity contribution in [3.63, 3.8) is 0 Å². The summed E-state index contributed by atoms with van der Waals surface area (Å²) >= 11 is 0. The van der Waals surface area contributed by atoms with Crippen LogP contribution in [0.15, 0.2) is 12.3 Å². The Bertz CT molecular complexity index is 504. The summed E-state index contributed by atoms with van der Waals surface area (Å²) in [7, 11) is 0. The number of piperidine rings is 1. The molecule has 1 aliphatic heterocycles. The van der Waals surface area contributed by atoms with Gasteiger partial charge in [-0.3, -0.25) is 14.9 Å². The van der Waals surface area contributed by atoms with E-state index in [0.717, 1.165) is 6.42 Å². The molecule has 1 aliphatic rings. The molecule has 2 heterocycles. The summed E-state index contributed by atoms with van der Waals surface area (Å²) in [5.74, 6) is -0.196. The van der Waals surface area contributed by atoms with E-state index in [4.69, 9.17) is 0 Å². The third kappa shape index (κ3) is 2.98. The quantitative estimate of drug-likeness (QED) is 0.667. The zero-order valence-electron chi connectivity index (χ0n) is 11.5. The van der Waals surface area contributed by atoms with E-state index in [1.165, 1.54) is 12.3 Å². The first-order valence-electron chi connectivity index (χ1n) is 6.84. The van der Waals surface area contributed by atoms with Crippen molar-refractivity contribution in [2.75, 3.05) is 13.1 Å². The van der Waals surface area contributed by atoms with Gasteiger partial charge in [-0.15, -0.1) is 0 Å². The normalized spacial score (nSPS) is 16.4. The molecule has 20 heavy (non-hydrogen) atoms. The number of nitrogens with zero attached hydrogens (tertiary/aromatic N) is 3. The minimum atomic E-state index is -0.483. The van der Waals surface area contributed by atoms with E-state index < -0.39 is 4.92 Å². The summed E-state index contributed by atoms with van der Waals surface area (Å²) in [6.45, 7) is 3.51. The molecule has 7 nitrogen and oxygen atoms in total. The van der Waals surface area contributed by atoms with E-state index in [1.54, 1.807) is 9.47 Å². The first kappa shape index (κ1) is 14.5. The van der Waals surface area contributed by atoms with Crippen molar-refractivity contribution in [2.45, 2.75) is 38.8 Å². The standard InChI is InChI=1S/C13H19N3O4/c1-2-5-15-9-10(16(19)20)8-12(15)13(18)14-6-3-11(17)4-7-14/h8-9,11,17H,2-7H2,1H3. The van der Waals surface area contributed by atoms with Gasteiger partial charge in [-0.1, -0.05) is 6.92 Å². The summed E-state index contributed by atoms with van der Waals surface area (Å²) in [5, 5.41) is 20.3. The molecule has 1 fully saturated rings. The highest BCUT2D eigenvalue weighted by Crippen LogP contribution is 2.20. The van der Waals surface area contributed by atoms with E-state index >= 15 is 0 Å². The lowest BCUT2D eigenvalue weighted by Crippen LogP contribution is -2.40. The lowest BCUT2D eigenvalue weighted by molar-refractivity contribution is -0.384. The molecule has 0 spiro atoms. The number of likely N-dealkylation sites (tertiary alicyclic amines) is 1. The van der Waals surface area contributed by atoms with Gasteiger partial charge in [0.05, 0.1) is 17.2 Å². The molecule has 0 aliphatic carbocycles. The van der Waals surface area contributed by atoms with Crippen LogP contribution in [0.25, 0.3) is 0 Å². The molecule has 2 rings (SSSR count). The lowest BCUT2D eigenvalue weighted by atomic mass is 10.1. The van der Waals surface area contributed by atoms with E-state index in [0.29, 0.717) is 38.2 Å². The molecule has 1 aromatic heterocycles. The van der Waals surface area contributed by atoms with Crippen molar-refractivity contribution in [3.8, 4) is 0 Å². The fourth-order valence-corrected chi connectivity index (χ4v) is 2.43. The minimum absolute atomic E-state index is 0.0566. The number of nitro groups is 1. The van der Waals surface area contributed by atoms with Crippen molar-refractivity contribution in [1.29, 1.82) is 0 Å². The number of aliphatic hydroxyl groups is 1. The van der Waals surface area contributed by atoms with Crippen LogP contribution in [0.1, 0.15) is 36.7 Å². The third-order valence-corrected chi connectivity index (χ3v) is 3.53. The number of aryl methyl sites for hydroxylation is 1. The molecule has 0 atom stereocenters. The maximum absolute atomic E-state index is 12.4. The first-order valence-corrected chi connectivity index (χ1v) is 6.84. The topological polar surface area (TPSA) is 88.6 Å². The Kier molecular flexibility index (Phi) is 4.39. The predicted molar refractivity (Wildman–Crippen MR) is 72.5 cm³/mol. The number of aromatic nitrogens is 1. The minimum Gasteiger partial charge on any atom is -0.393 e. The molecule has 1 saturated heterocycles. The first-order chi connectivity index (χ1) is 9.52. The molecule has 0 radical (unpaired) electrons. The maximum atomic E-state index is 12.4. The van der Waals surface area contributed by atoms with Crippen LogP contribution in [0.2, 0.25) is 0 Å². The zero-order valence-corrected chi connectivity index (χ0v) is 11.5. The average molecular weight is 281 g/mol. The fourth-order valence-electron chi connectivity index (χ4n) is 2.43. The van der Waals surface area contributed by atoms with Crippen LogP contribution in [-0.4, -0.2) is 44.6 Å². The van der Waals surface area contributed by atoms with Crippen LogP contribution in [0.5, 0.6) is 0 Å². The summed E-state index contributed by atoms with van der Waals surface area (Å²) in [4.78, 5) is 24.5. The zero-order chi connectivity index (χ0) is 14.7. The predicted octanol–water partition coefficient (Wildman–Crippen LogP) is 1.40. The van der Waals surface area contributed by atoms with Crippen molar-refractivity contribution >= 4 is 11.6 Å². The second kappa shape index (κ2) is 6.04. The number of carbonyl (C=O) groups excluding carboxylic acids is 1. The van der Waals surface area contributed by atoms with Crippen molar-refractivity contribution in [3.05, 3.63) is 28.1 Å². The van der Waals surface area contributed by atoms with Gasteiger partial charge in [-0.2, -0.15) is 0 Å². The largest absolute Gasteiger partial charge is 0.393 e. The van der Waals surface area contributed by atoms with Gasteiger partial charge >= 0.3 is 0 Å². The molecule has 1 aromatic rings. The number of aliphatic hydroxyl groups excluding tert-OH is 1. The van der Waals surface area contributed by atoms with Crippen molar-refractivity contribution in [1.82, 2.24) is 9.47 Å². The smallest absolute Gasteiger partial charge is 0.287 e. The SMILES string of the molecule is CCCn1cc([N+](=O)[O-])cc1C(=O)N1CCC(O)CC1. The molecule has 7 heteroatoms. The maximum Gasteiger partial charge on any atom is 0.287 e. The molecule has 0 bridgehead atoms. The highest BCUT2D eigenvalue weighted by atomic mass is 16.6. The average Bonchev–Trinajstić information content (AvgIpc) is 2.83. The molecule has 0 unspecified atom stereocenters. The Morgan fingerprint density at radius 1 is 1.50 bits per heavy atom. The number of amides is 1. The van der Waals surface area contributed by atoms with Crippen LogP contribution in [0.4, 0.5) is 5.69 Å². The number of hydrogen-bond donors (Lipinski definition) is 1. The summed E-state index contributed by atoms with van der Waals surface area (Å²) in [5.41, 5.74) is 0.300. The molecule has 0 saturated carbocycles. The Hall–Kier alpha value is -1.89. The van der Waals surface area contributed by atoms with Gasteiger partial charge < -0.3 is 14.6 Å². The van der Waals surface area contributed by atoms with Gasteiger partial charge in [0.1, 0.15) is 5.69 Å². The van der Waals surface area contributed by atoms with Gasteiger partial charge in [-0.05, 0) is 19.3 Å². The lowest BCUT2D eigenvalue weighted by Gasteiger charge is -2.29. The van der Waals surface area contributed by atoms with Gasteiger partial charge in [0, 0.05) is 25.7 Å². The van der Waals surface area contributed by atoms with Crippen LogP contribution in [0.3, 0.4) is 0 Å². The van der Waals surface area contributed by atoms with Crippen molar-refractivity contribution in [2.24, 2.45) is 0 Å². The molecular formula is C13H19N3O4. The summed E-state index contributed by atoms with van der Waals surface area (Å²) in [6.07, 6.45) is 2.97. The monoisotopic (exact) mass is 281 g/mol. The molecular weight excluding hydrogens is 262 g/mol. The number of hydrogen-bond acceptors (Lipinski definition) is 4. The number of rotatable bonds is 4. The Balaban J connectivity index is 2.21. The molecule has 110 valence electrons. The van der Waals surface area contributed by atoms with Crippen LogP contribution < -0.4 is 0 Å². The van der Waals surface area contributed by atoms with E-state index in [-0.39, 0.29) is 17.7 Å². The van der Waals surface area contributed by atoms with E-state index in [1.807, 2.05) is 6.92 Å². The Morgan fingerprint density at radius 3 is 2.70 bits per heavy atom. The van der Waals surface area contributed by atoms with Crippen LogP contribution in [-0.2, 0) is 6.54 Å². The Labute approximate surface area is 116 Å². The van der Waals surface area contributed by atoms with Gasteiger partial charge in [-0.25, -0.2) is 0 Å². The van der Waals surface area contributed by atoms with Gasteiger partial charge in [0.15, 0.2) is 0 Å². The second-order valence-electron chi connectivity index (χ2n) is 5.06. The Morgan fingerprint density at radius 2 is 2.15 bits per heavy atom. The highest BCUT2D eigenvalue weighted by Gasteiger charge is 2.26.